The van der Waals surface area contributed by atoms with Crippen LogP contribution in [0.15, 0.2) is 42.5 Å². The zero-order valence-corrected chi connectivity index (χ0v) is 15.1. The summed E-state index contributed by atoms with van der Waals surface area (Å²) in [6, 6.07) is 11.6. The molecule has 1 saturated carbocycles. The molecule has 4 rings (SSSR count). The normalized spacial score (nSPS) is 19.1. The van der Waals surface area contributed by atoms with Gasteiger partial charge in [0.2, 0.25) is 5.91 Å². The summed E-state index contributed by atoms with van der Waals surface area (Å²) in [6.45, 7) is 2.26. The number of halogens is 1. The molecular formula is C21H21FN2O3. The number of rotatable bonds is 4. The molecule has 0 saturated heterocycles. The topological polar surface area (TPSA) is 58.6 Å². The van der Waals surface area contributed by atoms with Gasteiger partial charge in [-0.15, -0.1) is 0 Å². The molecule has 2 aromatic rings. The summed E-state index contributed by atoms with van der Waals surface area (Å²) in [5.41, 5.74) is 2.28. The second-order valence-corrected chi connectivity index (χ2v) is 7.13. The number of amides is 2. The van der Waals surface area contributed by atoms with Gasteiger partial charge in [0.1, 0.15) is 11.6 Å². The van der Waals surface area contributed by atoms with E-state index in [1.54, 1.807) is 31.2 Å². The van der Waals surface area contributed by atoms with Gasteiger partial charge >= 0.3 is 0 Å². The molecule has 0 bridgehead atoms. The van der Waals surface area contributed by atoms with E-state index in [0.717, 1.165) is 24.0 Å². The number of nitrogens with zero attached hydrogens (tertiary/aromatic N) is 1. The summed E-state index contributed by atoms with van der Waals surface area (Å²) in [7, 11) is 0. The van der Waals surface area contributed by atoms with Gasteiger partial charge in [-0.05, 0) is 55.7 Å². The van der Waals surface area contributed by atoms with E-state index < -0.39 is 6.10 Å². The summed E-state index contributed by atoms with van der Waals surface area (Å²) in [4.78, 5) is 26.7. The van der Waals surface area contributed by atoms with Crippen molar-refractivity contribution in [3.8, 4) is 5.75 Å². The van der Waals surface area contributed by atoms with Crippen LogP contribution in [0.2, 0.25) is 0 Å². The maximum absolute atomic E-state index is 13.0. The second kappa shape index (κ2) is 7.02. The molecule has 2 aliphatic rings. The zero-order valence-electron chi connectivity index (χ0n) is 15.1. The van der Waals surface area contributed by atoms with Gasteiger partial charge in [0.05, 0.1) is 6.42 Å². The Morgan fingerprint density at radius 2 is 1.96 bits per heavy atom. The molecule has 27 heavy (non-hydrogen) atoms. The zero-order chi connectivity index (χ0) is 19.0. The molecule has 0 unspecified atom stereocenters. The van der Waals surface area contributed by atoms with E-state index in [1.165, 1.54) is 12.1 Å². The summed E-state index contributed by atoms with van der Waals surface area (Å²) in [5.74, 6) is 0.180. The van der Waals surface area contributed by atoms with E-state index in [4.69, 9.17) is 4.74 Å². The lowest BCUT2D eigenvalue weighted by molar-refractivity contribution is -0.138. The number of hydrogen-bond donors (Lipinski definition) is 1. The van der Waals surface area contributed by atoms with Crippen molar-refractivity contribution in [1.82, 2.24) is 4.90 Å². The molecule has 1 aliphatic carbocycles. The minimum absolute atomic E-state index is 0.00981. The van der Waals surface area contributed by atoms with Crippen LogP contribution < -0.4 is 10.1 Å². The second-order valence-electron chi connectivity index (χ2n) is 7.13. The van der Waals surface area contributed by atoms with E-state index in [2.05, 4.69) is 5.32 Å². The van der Waals surface area contributed by atoms with Gasteiger partial charge in [-0.3, -0.25) is 9.59 Å². The molecule has 0 aromatic heterocycles. The highest BCUT2D eigenvalue weighted by molar-refractivity contribution is 5.92. The number of ether oxygens (including phenoxy) is 1. The Balaban J connectivity index is 1.49. The lowest BCUT2D eigenvalue weighted by Gasteiger charge is -2.21. The minimum atomic E-state index is -0.509. The summed E-state index contributed by atoms with van der Waals surface area (Å²) in [5, 5.41) is 2.87. The van der Waals surface area contributed by atoms with Crippen LogP contribution in [-0.2, 0) is 22.6 Å². The number of anilines is 1. The van der Waals surface area contributed by atoms with Gasteiger partial charge in [-0.1, -0.05) is 12.1 Å². The molecule has 1 aliphatic heterocycles. The fraction of sp³-hybridized carbons (Fsp3) is 0.333. The summed E-state index contributed by atoms with van der Waals surface area (Å²) < 4.78 is 18.8. The number of hydrogen-bond acceptors (Lipinski definition) is 3. The fourth-order valence-electron chi connectivity index (χ4n) is 3.32. The first-order chi connectivity index (χ1) is 13.0. The molecule has 140 valence electrons. The Morgan fingerprint density at radius 1 is 1.22 bits per heavy atom. The average molecular weight is 368 g/mol. The van der Waals surface area contributed by atoms with Crippen LogP contribution in [0.25, 0.3) is 0 Å². The third-order valence-electron chi connectivity index (χ3n) is 4.89. The minimum Gasteiger partial charge on any atom is -0.481 e. The van der Waals surface area contributed by atoms with Gasteiger partial charge in [-0.25, -0.2) is 4.39 Å². The van der Waals surface area contributed by atoms with Crippen molar-refractivity contribution >= 4 is 17.5 Å². The molecular weight excluding hydrogens is 347 g/mol. The van der Waals surface area contributed by atoms with Crippen molar-refractivity contribution in [2.45, 2.75) is 44.9 Å². The van der Waals surface area contributed by atoms with Gasteiger partial charge in [0, 0.05) is 23.8 Å². The largest absolute Gasteiger partial charge is 0.481 e. The lowest BCUT2D eigenvalue weighted by Crippen LogP contribution is -2.39. The van der Waals surface area contributed by atoms with Crippen LogP contribution in [0.3, 0.4) is 0 Å². The van der Waals surface area contributed by atoms with Gasteiger partial charge < -0.3 is 15.0 Å². The number of benzene rings is 2. The molecule has 5 nitrogen and oxygen atoms in total. The Hall–Kier alpha value is -2.89. The molecule has 2 aromatic carbocycles. The number of fused-ring (bicyclic) bond motifs is 1. The highest BCUT2D eigenvalue weighted by Crippen LogP contribution is 2.35. The molecule has 6 heteroatoms. The van der Waals surface area contributed by atoms with E-state index in [1.807, 2.05) is 11.0 Å². The highest BCUT2D eigenvalue weighted by Gasteiger charge is 2.37. The van der Waals surface area contributed by atoms with Crippen molar-refractivity contribution in [2.24, 2.45) is 0 Å². The Kier molecular flexibility index (Phi) is 4.56. The first kappa shape index (κ1) is 17.5. The first-order valence-corrected chi connectivity index (χ1v) is 9.14. The number of carbonyl (C=O) groups is 2. The van der Waals surface area contributed by atoms with Crippen LogP contribution in [0.5, 0.6) is 5.75 Å². The predicted molar refractivity (Wildman–Crippen MR) is 98.8 cm³/mol. The average Bonchev–Trinajstić information content (AvgIpc) is 3.47. The van der Waals surface area contributed by atoms with Gasteiger partial charge in [-0.2, -0.15) is 0 Å². The van der Waals surface area contributed by atoms with Crippen molar-refractivity contribution in [3.05, 3.63) is 59.4 Å². The van der Waals surface area contributed by atoms with Crippen LogP contribution >= 0.6 is 0 Å². The maximum Gasteiger partial charge on any atom is 0.263 e. The number of carbonyl (C=O) groups excluding carboxylic acids is 2. The number of nitrogens with one attached hydrogen (secondary N) is 1. The smallest absolute Gasteiger partial charge is 0.263 e. The van der Waals surface area contributed by atoms with Crippen LogP contribution in [-0.4, -0.2) is 28.9 Å². The molecule has 1 heterocycles. The summed E-state index contributed by atoms with van der Waals surface area (Å²) >= 11 is 0. The summed E-state index contributed by atoms with van der Waals surface area (Å²) in [6.07, 6.45) is 1.72. The standard InChI is InChI=1S/C21H21FN2O3/c1-13-21(26)24(18-7-8-18)12-15-11-17(6-9-19(15)27-13)23-20(25)10-14-2-4-16(22)5-3-14/h2-6,9,11,13,18H,7-8,10,12H2,1H3,(H,23,25)/t13-/m0/s1. The molecule has 0 radical (unpaired) electrons. The molecule has 1 N–H and O–H groups in total. The lowest BCUT2D eigenvalue weighted by atomic mass is 10.1. The predicted octanol–water partition coefficient (Wildman–Crippen LogP) is 3.28. The molecule has 1 fully saturated rings. The van der Waals surface area contributed by atoms with Crippen LogP contribution in [0.4, 0.5) is 10.1 Å². The Bertz CT molecular complexity index is 877. The van der Waals surface area contributed by atoms with Crippen molar-refractivity contribution in [1.29, 1.82) is 0 Å². The van der Waals surface area contributed by atoms with Crippen molar-refractivity contribution < 1.29 is 18.7 Å². The quantitative estimate of drug-likeness (QED) is 0.901. The Labute approximate surface area is 157 Å². The highest BCUT2D eigenvalue weighted by atomic mass is 19.1. The van der Waals surface area contributed by atoms with E-state index in [9.17, 15) is 14.0 Å². The van der Waals surface area contributed by atoms with Crippen LogP contribution in [0.1, 0.15) is 30.9 Å². The third kappa shape index (κ3) is 3.94. The SMILES string of the molecule is C[C@@H]1Oc2ccc(NC(=O)Cc3ccc(F)cc3)cc2CN(C2CC2)C1=O. The first-order valence-electron chi connectivity index (χ1n) is 9.14. The van der Waals surface area contributed by atoms with Gasteiger partial charge in [0.15, 0.2) is 6.10 Å². The van der Waals surface area contributed by atoms with E-state index >= 15 is 0 Å². The molecule has 0 spiro atoms. The van der Waals surface area contributed by atoms with Gasteiger partial charge in [0.25, 0.3) is 5.91 Å². The monoisotopic (exact) mass is 368 g/mol. The van der Waals surface area contributed by atoms with E-state index in [-0.39, 0.29) is 24.1 Å². The molecule has 2 amide bonds. The van der Waals surface area contributed by atoms with Crippen molar-refractivity contribution in [3.63, 3.8) is 0 Å². The van der Waals surface area contributed by atoms with Crippen LogP contribution in [0, 0.1) is 5.82 Å². The van der Waals surface area contributed by atoms with E-state index in [0.29, 0.717) is 24.0 Å². The third-order valence-corrected chi connectivity index (χ3v) is 4.89. The fourth-order valence-corrected chi connectivity index (χ4v) is 3.32. The maximum atomic E-state index is 13.0. The Morgan fingerprint density at radius 3 is 2.67 bits per heavy atom. The van der Waals surface area contributed by atoms with Crippen molar-refractivity contribution in [2.75, 3.05) is 5.32 Å². The molecule has 1 atom stereocenters.